The average molecular weight is 301 g/mol. The molecule has 17 heavy (non-hydrogen) atoms. The van der Waals surface area contributed by atoms with Gasteiger partial charge in [0.05, 0.1) is 5.56 Å². The van der Waals surface area contributed by atoms with Gasteiger partial charge in [-0.05, 0) is 35.4 Å². The first-order chi connectivity index (χ1) is 7.97. The number of hydrogen-bond acceptors (Lipinski definition) is 0. The van der Waals surface area contributed by atoms with Crippen molar-refractivity contribution in [3.8, 4) is 11.1 Å². The standard InChI is InChI=1S/C13H8BrF3/c14-12-6-4-9(5-7-12)10-2-1-3-11(8-10)13(15,16)17/h1-8H. The fourth-order valence-electron chi connectivity index (χ4n) is 1.52. The Morgan fingerprint density at radius 2 is 1.47 bits per heavy atom. The Morgan fingerprint density at radius 1 is 0.824 bits per heavy atom. The van der Waals surface area contributed by atoms with Gasteiger partial charge in [-0.2, -0.15) is 13.2 Å². The smallest absolute Gasteiger partial charge is 0.166 e. The Balaban J connectivity index is 2.43. The van der Waals surface area contributed by atoms with Crippen LogP contribution in [0.3, 0.4) is 0 Å². The predicted molar refractivity (Wildman–Crippen MR) is 64.6 cm³/mol. The minimum atomic E-state index is -4.30. The molecule has 0 N–H and O–H groups in total. The van der Waals surface area contributed by atoms with Crippen LogP contribution in [0.25, 0.3) is 11.1 Å². The Morgan fingerprint density at radius 3 is 2.06 bits per heavy atom. The summed E-state index contributed by atoms with van der Waals surface area (Å²) in [7, 11) is 0. The molecule has 2 aromatic carbocycles. The Hall–Kier alpha value is -1.29. The highest BCUT2D eigenvalue weighted by Crippen LogP contribution is 2.32. The molecule has 0 aromatic heterocycles. The Labute approximate surface area is 105 Å². The van der Waals surface area contributed by atoms with Crippen LogP contribution in [-0.2, 0) is 6.18 Å². The molecule has 0 aliphatic heterocycles. The van der Waals surface area contributed by atoms with Gasteiger partial charge >= 0.3 is 6.18 Å². The molecule has 0 nitrogen and oxygen atoms in total. The predicted octanol–water partition coefficient (Wildman–Crippen LogP) is 5.13. The van der Waals surface area contributed by atoms with Crippen LogP contribution < -0.4 is 0 Å². The highest BCUT2D eigenvalue weighted by atomic mass is 79.9. The van der Waals surface area contributed by atoms with Gasteiger partial charge < -0.3 is 0 Å². The zero-order valence-electron chi connectivity index (χ0n) is 8.63. The summed E-state index contributed by atoms with van der Waals surface area (Å²) in [6, 6.07) is 12.5. The van der Waals surface area contributed by atoms with E-state index in [9.17, 15) is 13.2 Å². The monoisotopic (exact) mass is 300 g/mol. The van der Waals surface area contributed by atoms with Gasteiger partial charge in [0.25, 0.3) is 0 Å². The fourth-order valence-corrected chi connectivity index (χ4v) is 1.78. The summed E-state index contributed by atoms with van der Waals surface area (Å²) in [5.41, 5.74) is 0.699. The van der Waals surface area contributed by atoms with Gasteiger partial charge in [-0.1, -0.05) is 40.2 Å². The van der Waals surface area contributed by atoms with Gasteiger partial charge in [0.1, 0.15) is 0 Å². The maximum Gasteiger partial charge on any atom is 0.416 e. The van der Waals surface area contributed by atoms with Crippen molar-refractivity contribution >= 4 is 15.9 Å². The molecule has 0 saturated carbocycles. The van der Waals surface area contributed by atoms with E-state index < -0.39 is 11.7 Å². The average Bonchev–Trinajstić information content (AvgIpc) is 2.29. The van der Waals surface area contributed by atoms with E-state index in [-0.39, 0.29) is 0 Å². The molecule has 0 amide bonds. The summed E-state index contributed by atoms with van der Waals surface area (Å²) < 4.78 is 38.5. The number of rotatable bonds is 1. The molecule has 0 saturated heterocycles. The van der Waals surface area contributed by atoms with Crippen LogP contribution >= 0.6 is 15.9 Å². The van der Waals surface area contributed by atoms with Crippen LogP contribution in [-0.4, -0.2) is 0 Å². The first-order valence-electron chi connectivity index (χ1n) is 4.90. The Kier molecular flexibility index (Phi) is 3.24. The van der Waals surface area contributed by atoms with Gasteiger partial charge in [-0.15, -0.1) is 0 Å². The highest BCUT2D eigenvalue weighted by molar-refractivity contribution is 9.10. The first kappa shape index (κ1) is 12.2. The number of hydrogen-bond donors (Lipinski definition) is 0. The van der Waals surface area contributed by atoms with Crippen molar-refractivity contribution in [2.24, 2.45) is 0 Å². The second-order valence-electron chi connectivity index (χ2n) is 3.59. The van der Waals surface area contributed by atoms with E-state index in [1.807, 2.05) is 0 Å². The maximum atomic E-state index is 12.5. The van der Waals surface area contributed by atoms with Crippen LogP contribution in [0.4, 0.5) is 13.2 Å². The summed E-state index contributed by atoms with van der Waals surface area (Å²) in [5, 5.41) is 0. The molecule has 0 spiro atoms. The van der Waals surface area contributed by atoms with Crippen LogP contribution in [0.2, 0.25) is 0 Å². The zero-order valence-corrected chi connectivity index (χ0v) is 10.2. The third-order valence-electron chi connectivity index (χ3n) is 2.37. The quantitative estimate of drug-likeness (QED) is 0.684. The van der Waals surface area contributed by atoms with Gasteiger partial charge in [0.15, 0.2) is 0 Å². The topological polar surface area (TPSA) is 0 Å². The molecule has 0 atom stereocenters. The van der Waals surface area contributed by atoms with E-state index in [0.29, 0.717) is 5.56 Å². The van der Waals surface area contributed by atoms with Gasteiger partial charge in [-0.25, -0.2) is 0 Å². The van der Waals surface area contributed by atoms with E-state index in [4.69, 9.17) is 0 Å². The summed E-state index contributed by atoms with van der Waals surface area (Å²) >= 11 is 3.28. The van der Waals surface area contributed by atoms with Crippen molar-refractivity contribution in [3.05, 3.63) is 58.6 Å². The van der Waals surface area contributed by atoms with Crippen molar-refractivity contribution in [3.63, 3.8) is 0 Å². The summed E-state index contributed by atoms with van der Waals surface area (Å²) in [6.45, 7) is 0. The third-order valence-corrected chi connectivity index (χ3v) is 2.90. The molecular formula is C13H8BrF3. The maximum absolute atomic E-state index is 12.5. The summed E-state index contributed by atoms with van der Waals surface area (Å²) in [5.74, 6) is 0. The second-order valence-corrected chi connectivity index (χ2v) is 4.50. The fraction of sp³-hybridized carbons (Fsp3) is 0.0769. The van der Waals surface area contributed by atoms with Crippen LogP contribution in [0.1, 0.15) is 5.56 Å². The van der Waals surface area contributed by atoms with Crippen molar-refractivity contribution in [2.45, 2.75) is 6.18 Å². The normalized spacial score (nSPS) is 11.5. The first-order valence-corrected chi connectivity index (χ1v) is 5.69. The van der Waals surface area contributed by atoms with Crippen molar-refractivity contribution < 1.29 is 13.2 Å². The lowest BCUT2D eigenvalue weighted by Gasteiger charge is -2.08. The molecule has 0 radical (unpaired) electrons. The SMILES string of the molecule is FC(F)(F)c1cccc(-c2ccc(Br)cc2)c1. The van der Waals surface area contributed by atoms with E-state index in [1.165, 1.54) is 6.07 Å². The van der Waals surface area contributed by atoms with Gasteiger partial charge in [0, 0.05) is 4.47 Å². The van der Waals surface area contributed by atoms with E-state index in [1.54, 1.807) is 30.3 Å². The number of benzene rings is 2. The summed E-state index contributed by atoms with van der Waals surface area (Å²) in [6.07, 6.45) is -4.30. The Bertz CT molecular complexity index is 515. The minimum Gasteiger partial charge on any atom is -0.166 e. The lowest BCUT2D eigenvalue weighted by atomic mass is 10.0. The molecule has 0 aliphatic carbocycles. The lowest BCUT2D eigenvalue weighted by molar-refractivity contribution is -0.137. The number of alkyl halides is 3. The van der Waals surface area contributed by atoms with Gasteiger partial charge in [0.2, 0.25) is 0 Å². The van der Waals surface area contributed by atoms with Crippen molar-refractivity contribution in [2.75, 3.05) is 0 Å². The molecule has 2 aromatic rings. The van der Waals surface area contributed by atoms with Crippen LogP contribution in [0, 0.1) is 0 Å². The third kappa shape index (κ3) is 2.88. The van der Waals surface area contributed by atoms with Crippen molar-refractivity contribution in [1.82, 2.24) is 0 Å². The molecule has 0 fully saturated rings. The molecule has 4 heteroatoms. The molecule has 0 bridgehead atoms. The van der Waals surface area contributed by atoms with Crippen LogP contribution in [0.15, 0.2) is 53.0 Å². The summed E-state index contributed by atoms with van der Waals surface area (Å²) in [4.78, 5) is 0. The minimum absolute atomic E-state index is 0.562. The van der Waals surface area contributed by atoms with E-state index in [0.717, 1.165) is 22.2 Å². The molecule has 88 valence electrons. The highest BCUT2D eigenvalue weighted by Gasteiger charge is 2.30. The van der Waals surface area contributed by atoms with Gasteiger partial charge in [-0.3, -0.25) is 0 Å². The van der Waals surface area contributed by atoms with E-state index in [2.05, 4.69) is 15.9 Å². The second kappa shape index (κ2) is 4.53. The molecular weight excluding hydrogens is 293 g/mol. The largest absolute Gasteiger partial charge is 0.416 e. The lowest BCUT2D eigenvalue weighted by Crippen LogP contribution is -2.04. The molecule has 0 heterocycles. The molecule has 0 aliphatic rings. The van der Waals surface area contributed by atoms with Crippen molar-refractivity contribution in [1.29, 1.82) is 0 Å². The molecule has 0 unspecified atom stereocenters. The van der Waals surface area contributed by atoms with E-state index >= 15 is 0 Å². The molecule has 2 rings (SSSR count). The zero-order chi connectivity index (χ0) is 12.5. The number of halogens is 4. The van der Waals surface area contributed by atoms with Crippen LogP contribution in [0.5, 0.6) is 0 Å².